The van der Waals surface area contributed by atoms with Gasteiger partial charge in [-0.05, 0) is 55.5 Å². The molecule has 2 amide bonds. The van der Waals surface area contributed by atoms with Crippen molar-refractivity contribution in [1.29, 1.82) is 0 Å². The van der Waals surface area contributed by atoms with E-state index in [1.54, 1.807) is 61.7 Å². The minimum atomic E-state index is -3.28. The summed E-state index contributed by atoms with van der Waals surface area (Å²) >= 11 is 0. The average Bonchev–Trinajstić information content (AvgIpc) is 2.84. The Balaban J connectivity index is 1.53. The lowest BCUT2D eigenvalue weighted by molar-refractivity contribution is 0.0985. The van der Waals surface area contributed by atoms with Crippen LogP contribution in [0.2, 0.25) is 0 Å². The maximum absolute atomic E-state index is 12.4. The number of benzene rings is 2. The second-order valence-electron chi connectivity index (χ2n) is 8.61. The summed E-state index contributed by atoms with van der Waals surface area (Å²) in [6, 6.07) is 15.5. The predicted octanol–water partition coefficient (Wildman–Crippen LogP) is 3.57. The number of nitrogens with one attached hydrogen (secondary N) is 2. The highest BCUT2D eigenvalue weighted by molar-refractivity contribution is 7.89. The van der Waals surface area contributed by atoms with Crippen molar-refractivity contribution in [2.75, 3.05) is 48.7 Å². The van der Waals surface area contributed by atoms with E-state index in [-0.39, 0.29) is 17.8 Å². The molecule has 1 aromatic heterocycles. The fourth-order valence-corrected chi connectivity index (χ4v) is 4.52. The van der Waals surface area contributed by atoms with Crippen molar-refractivity contribution in [3.63, 3.8) is 0 Å². The van der Waals surface area contributed by atoms with Crippen LogP contribution in [-0.4, -0.2) is 63.6 Å². The highest BCUT2D eigenvalue weighted by atomic mass is 32.2. The number of anilines is 3. The van der Waals surface area contributed by atoms with Gasteiger partial charge in [0, 0.05) is 35.8 Å². The molecule has 1 atom stereocenters. The van der Waals surface area contributed by atoms with E-state index in [1.807, 2.05) is 6.92 Å². The topological polar surface area (TPSA) is 123 Å². The van der Waals surface area contributed by atoms with Gasteiger partial charge < -0.3 is 25.0 Å². The minimum Gasteiger partial charge on any atom is -0.497 e. The van der Waals surface area contributed by atoms with E-state index in [1.165, 1.54) is 6.26 Å². The van der Waals surface area contributed by atoms with Crippen LogP contribution in [0.4, 0.5) is 22.0 Å². The summed E-state index contributed by atoms with van der Waals surface area (Å²) in [5, 5.41) is 5.55. The molecule has 10 nitrogen and oxygen atoms in total. The lowest BCUT2D eigenvalue weighted by Gasteiger charge is -2.34. The molecule has 11 heteroatoms. The van der Waals surface area contributed by atoms with E-state index in [4.69, 9.17) is 14.5 Å². The quantitative estimate of drug-likeness (QED) is 0.494. The zero-order valence-electron chi connectivity index (χ0n) is 20.4. The molecule has 36 heavy (non-hydrogen) atoms. The van der Waals surface area contributed by atoms with Gasteiger partial charge in [-0.2, -0.15) is 0 Å². The Kier molecular flexibility index (Phi) is 7.70. The van der Waals surface area contributed by atoms with E-state index in [9.17, 15) is 13.2 Å². The number of ether oxygens (including phenoxy) is 2. The van der Waals surface area contributed by atoms with Crippen LogP contribution < -0.4 is 20.3 Å². The Morgan fingerprint density at radius 1 is 1.08 bits per heavy atom. The molecule has 190 valence electrons. The smallest absolute Gasteiger partial charge is 0.323 e. The van der Waals surface area contributed by atoms with Crippen LogP contribution in [0.1, 0.15) is 12.6 Å². The number of aromatic nitrogens is 2. The van der Waals surface area contributed by atoms with E-state index in [2.05, 4.69) is 20.5 Å². The fraction of sp³-hybridized carbons (Fsp3) is 0.320. The van der Waals surface area contributed by atoms with Crippen LogP contribution in [0.15, 0.2) is 54.6 Å². The average molecular weight is 512 g/mol. The SMILES string of the molecule is COc1ccc(NC(=O)Nc2ccc(-c3nc(CS(C)(=O)=O)cc(N4CCOC[C@@H]4C)n3)cc2)cc1. The van der Waals surface area contributed by atoms with Crippen LogP contribution in [0, 0.1) is 0 Å². The minimum absolute atomic E-state index is 0.100. The maximum Gasteiger partial charge on any atom is 0.323 e. The summed E-state index contributed by atoms with van der Waals surface area (Å²) in [5.41, 5.74) is 2.34. The number of carbonyl (C=O) groups excluding carboxylic acids is 1. The lowest BCUT2D eigenvalue weighted by atomic mass is 10.2. The Morgan fingerprint density at radius 3 is 2.31 bits per heavy atom. The molecular weight excluding hydrogens is 482 g/mol. The Bertz CT molecular complexity index is 1310. The zero-order chi connectivity index (χ0) is 25.7. The molecule has 2 aromatic carbocycles. The molecule has 3 aromatic rings. The summed E-state index contributed by atoms with van der Waals surface area (Å²) < 4.78 is 34.6. The number of urea groups is 1. The molecule has 1 fully saturated rings. The highest BCUT2D eigenvalue weighted by Gasteiger charge is 2.22. The first-order chi connectivity index (χ1) is 17.2. The molecule has 1 aliphatic rings. The van der Waals surface area contributed by atoms with Crippen molar-refractivity contribution >= 4 is 33.1 Å². The normalized spacial score (nSPS) is 15.9. The number of hydrogen-bond acceptors (Lipinski definition) is 8. The molecule has 0 spiro atoms. The van der Waals surface area contributed by atoms with Gasteiger partial charge in [-0.25, -0.2) is 23.2 Å². The maximum atomic E-state index is 12.4. The summed E-state index contributed by atoms with van der Waals surface area (Å²) in [7, 11) is -1.70. The third-order valence-corrected chi connectivity index (χ3v) is 6.41. The summed E-state index contributed by atoms with van der Waals surface area (Å²) in [6.07, 6.45) is 1.18. The number of nitrogens with zero attached hydrogens (tertiary/aromatic N) is 3. The number of amides is 2. The van der Waals surface area contributed by atoms with Crippen LogP contribution in [0.3, 0.4) is 0 Å². The van der Waals surface area contributed by atoms with Crippen LogP contribution >= 0.6 is 0 Å². The number of morpholine rings is 1. The monoisotopic (exact) mass is 511 g/mol. The fourth-order valence-electron chi connectivity index (χ4n) is 3.84. The van der Waals surface area contributed by atoms with Gasteiger partial charge in [-0.3, -0.25) is 0 Å². The van der Waals surface area contributed by atoms with Gasteiger partial charge in [0.1, 0.15) is 11.6 Å². The second-order valence-corrected chi connectivity index (χ2v) is 10.8. The Hall–Kier alpha value is -3.70. The van der Waals surface area contributed by atoms with Gasteiger partial charge in [0.15, 0.2) is 15.7 Å². The Morgan fingerprint density at radius 2 is 1.72 bits per heavy atom. The second kappa shape index (κ2) is 10.9. The molecule has 1 aliphatic heterocycles. The molecule has 2 heterocycles. The molecule has 0 radical (unpaired) electrons. The molecule has 0 saturated carbocycles. The molecule has 2 N–H and O–H groups in total. The highest BCUT2D eigenvalue weighted by Crippen LogP contribution is 2.25. The number of rotatable bonds is 7. The van der Waals surface area contributed by atoms with E-state index in [0.29, 0.717) is 59.8 Å². The molecule has 0 bridgehead atoms. The number of methoxy groups -OCH3 is 1. The molecular formula is C25H29N5O5S. The van der Waals surface area contributed by atoms with Crippen LogP contribution in [0.25, 0.3) is 11.4 Å². The zero-order valence-corrected chi connectivity index (χ0v) is 21.2. The van der Waals surface area contributed by atoms with Crippen LogP contribution in [-0.2, 0) is 20.3 Å². The third kappa shape index (κ3) is 6.70. The third-order valence-electron chi connectivity index (χ3n) is 5.59. The lowest BCUT2D eigenvalue weighted by Crippen LogP contribution is -2.44. The summed E-state index contributed by atoms with van der Waals surface area (Å²) in [5.74, 6) is 1.60. The van der Waals surface area contributed by atoms with E-state index in [0.717, 1.165) is 0 Å². The number of sulfone groups is 1. The molecule has 1 saturated heterocycles. The molecule has 4 rings (SSSR count). The van der Waals surface area contributed by atoms with Gasteiger partial charge in [0.2, 0.25) is 0 Å². The van der Waals surface area contributed by atoms with Crippen LogP contribution in [0.5, 0.6) is 5.75 Å². The van der Waals surface area contributed by atoms with Gasteiger partial charge in [-0.1, -0.05) is 0 Å². The van der Waals surface area contributed by atoms with Crippen molar-refractivity contribution in [1.82, 2.24) is 9.97 Å². The summed E-state index contributed by atoms with van der Waals surface area (Å²) in [4.78, 5) is 23.7. The van der Waals surface area contributed by atoms with Gasteiger partial charge in [0.25, 0.3) is 0 Å². The summed E-state index contributed by atoms with van der Waals surface area (Å²) in [6.45, 7) is 3.83. The first-order valence-electron chi connectivity index (χ1n) is 11.4. The van der Waals surface area contributed by atoms with Gasteiger partial charge >= 0.3 is 6.03 Å². The predicted molar refractivity (Wildman–Crippen MR) is 139 cm³/mol. The standard InChI is InChI=1S/C25H29N5O5S/c1-17-15-35-13-12-30(17)23-14-21(16-36(3,32)33)26-24(29-23)18-4-6-19(7-5-18)27-25(31)28-20-8-10-22(34-2)11-9-20/h4-11,14,17H,12-13,15-16H2,1-3H3,(H2,27,28,31)/t17-/m0/s1. The molecule has 0 unspecified atom stereocenters. The van der Waals surface area contributed by atoms with Crippen molar-refractivity contribution in [2.24, 2.45) is 0 Å². The van der Waals surface area contributed by atoms with Crippen molar-refractivity contribution in [3.05, 3.63) is 60.3 Å². The largest absolute Gasteiger partial charge is 0.497 e. The first-order valence-corrected chi connectivity index (χ1v) is 13.5. The number of hydrogen-bond donors (Lipinski definition) is 2. The number of carbonyl (C=O) groups is 1. The van der Waals surface area contributed by atoms with Crippen molar-refractivity contribution < 1.29 is 22.7 Å². The first kappa shape index (κ1) is 25.4. The van der Waals surface area contributed by atoms with Gasteiger partial charge in [0.05, 0.1) is 37.8 Å². The van der Waals surface area contributed by atoms with Crippen molar-refractivity contribution in [2.45, 2.75) is 18.7 Å². The molecule has 0 aliphatic carbocycles. The van der Waals surface area contributed by atoms with Crippen molar-refractivity contribution in [3.8, 4) is 17.1 Å². The van der Waals surface area contributed by atoms with E-state index < -0.39 is 9.84 Å². The Labute approximate surface area is 210 Å². The van der Waals surface area contributed by atoms with Gasteiger partial charge in [-0.15, -0.1) is 0 Å². The van der Waals surface area contributed by atoms with E-state index >= 15 is 0 Å².